The summed E-state index contributed by atoms with van der Waals surface area (Å²) >= 11 is 0. The first-order valence-corrected chi connectivity index (χ1v) is 17.6. The molecule has 0 spiro atoms. The van der Waals surface area contributed by atoms with Gasteiger partial charge in [0.1, 0.15) is 0 Å². The van der Waals surface area contributed by atoms with Crippen LogP contribution in [0.3, 0.4) is 0 Å². The van der Waals surface area contributed by atoms with E-state index in [1.54, 1.807) is 0 Å². The van der Waals surface area contributed by atoms with Gasteiger partial charge in [0.2, 0.25) is 0 Å². The molecule has 0 radical (unpaired) electrons. The second-order valence-electron chi connectivity index (χ2n) is 9.72. The van der Waals surface area contributed by atoms with E-state index >= 15 is 0 Å². The molecule has 0 saturated heterocycles. The van der Waals surface area contributed by atoms with Gasteiger partial charge >= 0.3 is 0 Å². The predicted octanol–water partition coefficient (Wildman–Crippen LogP) is 5.09. The Kier molecular flexibility index (Phi) is 29.4. The van der Waals surface area contributed by atoms with Crippen LogP contribution in [0.1, 0.15) is 58.3 Å². The topological polar surface area (TPSA) is 73.8 Å². The van der Waals surface area contributed by atoms with E-state index in [4.69, 9.17) is 37.6 Å². The molecule has 0 aliphatic carbocycles. The molecule has 0 fully saturated rings. The normalized spacial score (nSPS) is 12.0. The van der Waals surface area contributed by atoms with Crippen LogP contribution < -0.4 is 0 Å². The van der Waals surface area contributed by atoms with Crippen molar-refractivity contribution in [3.63, 3.8) is 0 Å². The molecular formula is C27H58O8Si. The number of hydrogen-bond acceptors (Lipinski definition) is 8. The minimum atomic E-state index is -1.43. The Labute approximate surface area is 223 Å². The summed E-state index contributed by atoms with van der Waals surface area (Å²) in [6.07, 6.45) is 10.6. The fraction of sp³-hybridized carbons (Fsp3) is 1.00. The molecule has 0 aromatic rings. The molecule has 0 aliphatic heterocycles. The zero-order chi connectivity index (χ0) is 26.4. The minimum Gasteiger partial charge on any atom is -0.415 e. The molecule has 0 aromatic carbocycles. The van der Waals surface area contributed by atoms with E-state index in [1.165, 1.54) is 44.9 Å². The van der Waals surface area contributed by atoms with E-state index in [9.17, 15) is 0 Å². The molecule has 36 heavy (non-hydrogen) atoms. The van der Waals surface area contributed by atoms with Gasteiger partial charge in [-0.25, -0.2) is 0 Å². The van der Waals surface area contributed by atoms with Crippen molar-refractivity contribution < 1.29 is 37.6 Å². The molecule has 8 nitrogen and oxygen atoms in total. The fourth-order valence-corrected chi connectivity index (χ4v) is 3.86. The lowest BCUT2D eigenvalue weighted by Gasteiger charge is -2.16. The van der Waals surface area contributed by atoms with Crippen LogP contribution >= 0.6 is 0 Å². The Hall–Kier alpha value is -0.103. The summed E-state index contributed by atoms with van der Waals surface area (Å²) in [5.74, 6) is 0. The van der Waals surface area contributed by atoms with Gasteiger partial charge in [0, 0.05) is 6.61 Å². The van der Waals surface area contributed by atoms with Gasteiger partial charge in [-0.05, 0) is 26.1 Å². The molecule has 0 rings (SSSR count). The second-order valence-corrected chi connectivity index (χ2v) is 14.2. The van der Waals surface area contributed by atoms with Gasteiger partial charge in [0.05, 0.1) is 92.5 Å². The van der Waals surface area contributed by atoms with Gasteiger partial charge in [-0.2, -0.15) is 0 Å². The Bertz CT molecular complexity index is 410. The average molecular weight is 539 g/mol. The van der Waals surface area contributed by atoms with Crippen LogP contribution in [0.15, 0.2) is 0 Å². The molecule has 0 heterocycles. The maximum absolute atomic E-state index is 5.71. The highest BCUT2D eigenvalue weighted by Gasteiger charge is 2.13. The molecule has 0 atom stereocenters. The van der Waals surface area contributed by atoms with Crippen molar-refractivity contribution in [2.24, 2.45) is 0 Å². The third-order valence-corrected chi connectivity index (χ3v) is 6.21. The number of hydrogen-bond donors (Lipinski definition) is 0. The predicted molar refractivity (Wildman–Crippen MR) is 148 cm³/mol. The Morgan fingerprint density at radius 1 is 0.333 bits per heavy atom. The van der Waals surface area contributed by atoms with Crippen molar-refractivity contribution in [3.8, 4) is 0 Å². The largest absolute Gasteiger partial charge is 0.415 e. The maximum atomic E-state index is 5.71. The quantitative estimate of drug-likeness (QED) is 0.0892. The highest BCUT2D eigenvalue weighted by atomic mass is 28.4. The number of ether oxygens (including phenoxy) is 7. The van der Waals surface area contributed by atoms with Crippen LogP contribution in [0.5, 0.6) is 0 Å². The summed E-state index contributed by atoms with van der Waals surface area (Å²) in [4.78, 5) is 0. The molecule has 0 saturated carbocycles. The first kappa shape index (κ1) is 35.9. The highest BCUT2D eigenvalue weighted by molar-refractivity contribution is 6.69. The lowest BCUT2D eigenvalue weighted by Crippen LogP contribution is -2.27. The smallest absolute Gasteiger partial charge is 0.183 e. The lowest BCUT2D eigenvalue weighted by atomic mass is 10.1. The van der Waals surface area contributed by atoms with Crippen LogP contribution in [0.2, 0.25) is 19.6 Å². The lowest BCUT2D eigenvalue weighted by molar-refractivity contribution is -0.0213. The van der Waals surface area contributed by atoms with Crippen molar-refractivity contribution in [2.75, 3.05) is 99.1 Å². The molecule has 0 bridgehead atoms. The second kappa shape index (κ2) is 29.5. The molecule has 218 valence electrons. The van der Waals surface area contributed by atoms with Gasteiger partial charge < -0.3 is 37.6 Å². The molecule has 0 N–H and O–H groups in total. The van der Waals surface area contributed by atoms with Crippen molar-refractivity contribution in [2.45, 2.75) is 77.9 Å². The van der Waals surface area contributed by atoms with Crippen molar-refractivity contribution in [1.82, 2.24) is 0 Å². The first-order chi connectivity index (χ1) is 17.6. The molecule has 9 heteroatoms. The summed E-state index contributed by atoms with van der Waals surface area (Å²) < 4.78 is 44.2. The van der Waals surface area contributed by atoms with Crippen LogP contribution in [0.4, 0.5) is 0 Å². The van der Waals surface area contributed by atoms with E-state index in [1.807, 2.05) is 0 Å². The third-order valence-electron chi connectivity index (χ3n) is 5.14. The molecule has 0 unspecified atom stereocenters. The Morgan fingerprint density at radius 2 is 0.611 bits per heavy atom. The fourth-order valence-electron chi connectivity index (χ4n) is 3.17. The van der Waals surface area contributed by atoms with Crippen LogP contribution in [0, 0.1) is 0 Å². The third kappa shape index (κ3) is 33.9. The SMILES string of the molecule is CCCCCCCCCCOCCOCCOCCOCCOCCOCCOCCO[Si](C)(C)C. The minimum absolute atomic E-state index is 0.552. The zero-order valence-corrected chi connectivity index (χ0v) is 25.0. The average Bonchev–Trinajstić information content (AvgIpc) is 2.84. The van der Waals surface area contributed by atoms with Gasteiger partial charge in [0.15, 0.2) is 8.32 Å². The zero-order valence-electron chi connectivity index (χ0n) is 24.0. The van der Waals surface area contributed by atoms with Crippen LogP contribution in [-0.4, -0.2) is 107 Å². The molecular weight excluding hydrogens is 480 g/mol. The number of rotatable bonds is 31. The van der Waals surface area contributed by atoms with Gasteiger partial charge in [0.25, 0.3) is 0 Å². The summed E-state index contributed by atoms with van der Waals surface area (Å²) in [7, 11) is -1.43. The van der Waals surface area contributed by atoms with Crippen molar-refractivity contribution in [3.05, 3.63) is 0 Å². The van der Waals surface area contributed by atoms with E-state index in [0.717, 1.165) is 13.0 Å². The summed E-state index contributed by atoms with van der Waals surface area (Å²) in [5, 5.41) is 0. The van der Waals surface area contributed by atoms with Crippen molar-refractivity contribution in [1.29, 1.82) is 0 Å². The van der Waals surface area contributed by atoms with Crippen LogP contribution in [-0.2, 0) is 37.6 Å². The van der Waals surface area contributed by atoms with Gasteiger partial charge in [-0.15, -0.1) is 0 Å². The Morgan fingerprint density at radius 3 is 0.944 bits per heavy atom. The summed E-state index contributed by atoms with van der Waals surface area (Å²) in [6, 6.07) is 0. The summed E-state index contributed by atoms with van der Waals surface area (Å²) in [6.45, 7) is 17.8. The first-order valence-electron chi connectivity index (χ1n) is 14.2. The van der Waals surface area contributed by atoms with Gasteiger partial charge in [-0.1, -0.05) is 51.9 Å². The van der Waals surface area contributed by atoms with E-state index in [-0.39, 0.29) is 0 Å². The molecule has 0 aliphatic rings. The van der Waals surface area contributed by atoms with E-state index in [0.29, 0.717) is 92.5 Å². The van der Waals surface area contributed by atoms with Crippen molar-refractivity contribution >= 4 is 8.32 Å². The monoisotopic (exact) mass is 538 g/mol. The summed E-state index contributed by atoms with van der Waals surface area (Å²) in [5.41, 5.74) is 0. The van der Waals surface area contributed by atoms with Gasteiger partial charge in [-0.3, -0.25) is 0 Å². The van der Waals surface area contributed by atoms with E-state index in [2.05, 4.69) is 26.6 Å². The Balaban J connectivity index is 3.03. The van der Waals surface area contributed by atoms with E-state index < -0.39 is 8.32 Å². The standard InChI is InChI=1S/C27H58O8Si/c1-5-6-7-8-9-10-11-12-13-28-14-15-29-16-17-30-18-19-31-20-21-32-22-23-33-24-25-34-26-27-35-36(2,3)4/h5-27H2,1-4H3. The van der Waals surface area contributed by atoms with Crippen LogP contribution in [0.25, 0.3) is 0 Å². The molecule has 0 aromatic heterocycles. The maximum Gasteiger partial charge on any atom is 0.183 e. The highest BCUT2D eigenvalue weighted by Crippen LogP contribution is 2.08. The molecule has 0 amide bonds. The number of unbranched alkanes of at least 4 members (excludes halogenated alkanes) is 7.